The number of ether oxygens (including phenoxy) is 1. The lowest BCUT2D eigenvalue weighted by Gasteiger charge is -2.32. The van der Waals surface area contributed by atoms with Gasteiger partial charge in [0.05, 0.1) is 18.1 Å². The van der Waals surface area contributed by atoms with Gasteiger partial charge in [0.2, 0.25) is 0 Å². The van der Waals surface area contributed by atoms with Crippen LogP contribution in [0.15, 0.2) is 9.70 Å². The zero-order valence-corrected chi connectivity index (χ0v) is 18.7. The number of amides is 1. The Labute approximate surface area is 179 Å². The van der Waals surface area contributed by atoms with Crippen molar-refractivity contribution in [1.82, 2.24) is 9.47 Å². The molecule has 2 aliphatic rings. The third kappa shape index (κ3) is 3.84. The second-order valence-electron chi connectivity index (χ2n) is 7.12. The van der Waals surface area contributed by atoms with Crippen molar-refractivity contribution in [2.45, 2.75) is 33.2 Å². The van der Waals surface area contributed by atoms with E-state index in [1.807, 2.05) is 19.9 Å². The van der Waals surface area contributed by atoms with Crippen LogP contribution in [-0.2, 0) is 16.6 Å². The molecule has 1 atom stereocenters. The standard InChI is InChI=1S/C20H24N4O3S2/c1-5-12(2)24-19(26)16(29-20(24)28)10-14-13(3)15(11-21)18(25)22(4)17(14)23-6-8-27-9-7-23/h10,12H,5-9H2,1-4H3. The molecule has 29 heavy (non-hydrogen) atoms. The molecular formula is C20H24N4O3S2. The van der Waals surface area contributed by atoms with Crippen LogP contribution in [0.2, 0.25) is 0 Å². The molecule has 0 aromatic carbocycles. The van der Waals surface area contributed by atoms with Crippen molar-refractivity contribution < 1.29 is 9.53 Å². The molecule has 1 aromatic rings. The van der Waals surface area contributed by atoms with E-state index in [4.69, 9.17) is 17.0 Å². The fourth-order valence-electron chi connectivity index (χ4n) is 3.54. The van der Waals surface area contributed by atoms with Crippen molar-refractivity contribution in [2.75, 3.05) is 31.2 Å². The summed E-state index contributed by atoms with van der Waals surface area (Å²) < 4.78 is 7.48. The highest BCUT2D eigenvalue weighted by Crippen LogP contribution is 2.37. The summed E-state index contributed by atoms with van der Waals surface area (Å²) in [5.74, 6) is 0.567. The van der Waals surface area contributed by atoms with E-state index < -0.39 is 0 Å². The second-order valence-corrected chi connectivity index (χ2v) is 8.80. The number of carbonyl (C=O) groups is 1. The van der Waals surface area contributed by atoms with Crippen molar-refractivity contribution in [3.63, 3.8) is 0 Å². The number of aromatic nitrogens is 1. The van der Waals surface area contributed by atoms with Crippen LogP contribution in [0.4, 0.5) is 5.82 Å². The molecule has 1 aromatic heterocycles. The molecule has 0 radical (unpaired) electrons. The van der Waals surface area contributed by atoms with E-state index in [0.29, 0.717) is 52.5 Å². The van der Waals surface area contributed by atoms with Gasteiger partial charge in [0, 0.05) is 31.7 Å². The summed E-state index contributed by atoms with van der Waals surface area (Å²) in [6.45, 7) is 8.12. The van der Waals surface area contributed by atoms with E-state index in [1.54, 1.807) is 24.9 Å². The van der Waals surface area contributed by atoms with Gasteiger partial charge in [0.15, 0.2) is 0 Å². The minimum atomic E-state index is -0.337. The molecule has 2 fully saturated rings. The Kier molecular flexibility index (Phi) is 6.46. The minimum absolute atomic E-state index is 0.0167. The molecule has 0 saturated carbocycles. The molecule has 2 saturated heterocycles. The summed E-state index contributed by atoms with van der Waals surface area (Å²) in [6, 6.07) is 2.04. The number of anilines is 1. The summed E-state index contributed by atoms with van der Waals surface area (Å²) in [6.07, 6.45) is 2.58. The average molecular weight is 433 g/mol. The van der Waals surface area contributed by atoms with Gasteiger partial charge in [-0.15, -0.1) is 0 Å². The number of nitrogens with zero attached hydrogens (tertiary/aromatic N) is 4. The number of hydrogen-bond donors (Lipinski definition) is 0. The Bertz CT molecular complexity index is 987. The van der Waals surface area contributed by atoms with Crippen molar-refractivity contribution in [1.29, 1.82) is 5.26 Å². The smallest absolute Gasteiger partial charge is 0.270 e. The van der Waals surface area contributed by atoms with Crippen molar-refractivity contribution in [3.05, 3.63) is 31.9 Å². The fourth-order valence-corrected chi connectivity index (χ4v) is 4.99. The number of thiocarbonyl (C=S) groups is 1. The second kappa shape index (κ2) is 8.69. The van der Waals surface area contributed by atoms with E-state index >= 15 is 0 Å². The van der Waals surface area contributed by atoms with E-state index in [0.717, 1.165) is 6.42 Å². The molecule has 3 rings (SSSR count). The van der Waals surface area contributed by atoms with Crippen LogP contribution in [0.1, 0.15) is 37.0 Å². The number of carbonyl (C=O) groups excluding carboxylic acids is 1. The topological polar surface area (TPSA) is 78.6 Å². The highest BCUT2D eigenvalue weighted by atomic mass is 32.2. The number of nitriles is 1. The third-order valence-corrected chi connectivity index (χ3v) is 6.74. The van der Waals surface area contributed by atoms with Crippen molar-refractivity contribution in [3.8, 4) is 6.07 Å². The maximum Gasteiger partial charge on any atom is 0.270 e. The summed E-state index contributed by atoms with van der Waals surface area (Å²) in [7, 11) is 1.66. The zero-order valence-electron chi connectivity index (χ0n) is 17.0. The molecule has 2 aliphatic heterocycles. The Balaban J connectivity index is 2.18. The van der Waals surface area contributed by atoms with Gasteiger partial charge >= 0.3 is 0 Å². The first-order valence-corrected chi connectivity index (χ1v) is 10.8. The van der Waals surface area contributed by atoms with Gasteiger partial charge in [-0.3, -0.25) is 19.1 Å². The Hall–Kier alpha value is -2.15. The fraction of sp³-hybridized carbons (Fsp3) is 0.500. The summed E-state index contributed by atoms with van der Waals surface area (Å²) in [5, 5.41) is 9.53. The normalized spacial score (nSPS) is 19.8. The van der Waals surface area contributed by atoms with E-state index in [2.05, 4.69) is 4.90 Å². The molecule has 0 aliphatic carbocycles. The van der Waals surface area contributed by atoms with Gasteiger partial charge < -0.3 is 9.64 Å². The van der Waals surface area contributed by atoms with Gasteiger partial charge in [-0.05, 0) is 31.9 Å². The zero-order chi connectivity index (χ0) is 21.3. The van der Waals surface area contributed by atoms with E-state index in [-0.39, 0.29) is 23.1 Å². The monoisotopic (exact) mass is 432 g/mol. The van der Waals surface area contributed by atoms with Crippen LogP contribution in [-0.4, -0.2) is 52.0 Å². The first-order chi connectivity index (χ1) is 13.8. The van der Waals surface area contributed by atoms with Gasteiger partial charge in [0.1, 0.15) is 21.8 Å². The maximum atomic E-state index is 13.0. The predicted octanol–water partition coefficient (Wildman–Crippen LogP) is 2.40. The summed E-state index contributed by atoms with van der Waals surface area (Å²) in [5.41, 5.74) is 1.03. The summed E-state index contributed by atoms with van der Waals surface area (Å²) in [4.78, 5) is 30.0. The molecular weight excluding hydrogens is 408 g/mol. The largest absolute Gasteiger partial charge is 0.378 e. The lowest BCUT2D eigenvalue weighted by atomic mass is 10.0. The number of thioether (sulfide) groups is 1. The van der Waals surface area contributed by atoms with Gasteiger partial charge in [-0.25, -0.2) is 0 Å². The van der Waals surface area contributed by atoms with Gasteiger partial charge in [0.25, 0.3) is 11.5 Å². The van der Waals surface area contributed by atoms with Crippen molar-refractivity contribution in [2.24, 2.45) is 7.05 Å². The Morgan fingerprint density at radius 1 is 1.34 bits per heavy atom. The molecule has 0 spiro atoms. The number of morpholine rings is 1. The number of pyridine rings is 1. The molecule has 9 heteroatoms. The molecule has 154 valence electrons. The highest BCUT2D eigenvalue weighted by molar-refractivity contribution is 8.26. The van der Waals surface area contributed by atoms with Gasteiger partial charge in [-0.2, -0.15) is 5.26 Å². The molecule has 0 bridgehead atoms. The van der Waals surface area contributed by atoms with E-state index in [1.165, 1.54) is 16.3 Å². The highest BCUT2D eigenvalue weighted by Gasteiger charge is 2.35. The number of rotatable bonds is 4. The van der Waals surface area contributed by atoms with Crippen LogP contribution in [0, 0.1) is 18.3 Å². The molecule has 1 unspecified atom stereocenters. The molecule has 3 heterocycles. The van der Waals surface area contributed by atoms with Crippen LogP contribution in [0.25, 0.3) is 6.08 Å². The van der Waals surface area contributed by atoms with Crippen LogP contribution >= 0.6 is 24.0 Å². The van der Waals surface area contributed by atoms with Crippen LogP contribution in [0.3, 0.4) is 0 Å². The summed E-state index contributed by atoms with van der Waals surface area (Å²) >= 11 is 6.70. The average Bonchev–Trinajstić information content (AvgIpc) is 3.00. The Morgan fingerprint density at radius 3 is 2.59 bits per heavy atom. The SMILES string of the molecule is CCC(C)N1C(=O)C(=Cc2c(C)c(C#N)c(=O)n(C)c2N2CCOCC2)SC1=S. The predicted molar refractivity (Wildman–Crippen MR) is 119 cm³/mol. The molecule has 0 N–H and O–H groups in total. The minimum Gasteiger partial charge on any atom is -0.378 e. The lowest BCUT2D eigenvalue weighted by molar-refractivity contribution is -0.123. The first kappa shape index (κ1) is 21.6. The molecule has 7 nitrogen and oxygen atoms in total. The Morgan fingerprint density at radius 2 is 2.00 bits per heavy atom. The quantitative estimate of drug-likeness (QED) is 0.534. The van der Waals surface area contributed by atoms with Crippen molar-refractivity contribution >= 4 is 46.1 Å². The molecule has 1 amide bonds. The first-order valence-electron chi connectivity index (χ1n) is 9.55. The maximum absolute atomic E-state index is 13.0. The van der Waals surface area contributed by atoms with Crippen LogP contribution < -0.4 is 10.5 Å². The van der Waals surface area contributed by atoms with Crippen LogP contribution in [0.5, 0.6) is 0 Å². The third-order valence-electron chi connectivity index (χ3n) is 5.41. The van der Waals surface area contributed by atoms with E-state index in [9.17, 15) is 14.9 Å². The van der Waals surface area contributed by atoms with Gasteiger partial charge in [-0.1, -0.05) is 30.9 Å². The number of hydrogen-bond acceptors (Lipinski definition) is 7. The lowest BCUT2D eigenvalue weighted by Crippen LogP contribution is -2.40.